The summed E-state index contributed by atoms with van der Waals surface area (Å²) in [5.74, 6) is -0.312. The van der Waals surface area contributed by atoms with Crippen LogP contribution >= 0.6 is 0 Å². The summed E-state index contributed by atoms with van der Waals surface area (Å²) in [6, 6.07) is -0.505. The number of hydroxylamine groups is 1. The van der Waals surface area contributed by atoms with Crippen LogP contribution < -0.4 is 11.2 Å². The maximum atomic E-state index is 10.4. The van der Waals surface area contributed by atoms with Gasteiger partial charge in [0, 0.05) is 0 Å². The largest absolute Gasteiger partial charge is 0.320 e. The van der Waals surface area contributed by atoms with Crippen molar-refractivity contribution in [2.75, 3.05) is 7.11 Å². The van der Waals surface area contributed by atoms with E-state index in [0.717, 1.165) is 0 Å². The predicted octanol–water partition coefficient (Wildman–Crippen LogP) is -0.989. The van der Waals surface area contributed by atoms with E-state index in [1.165, 1.54) is 7.11 Å². The molecule has 0 aromatic rings. The average molecular weight is 118 g/mol. The number of rotatable bonds is 2. The molecule has 4 heteroatoms. The molecule has 0 bridgehead atoms. The number of carbonyl (C=O) groups excluding carboxylic acids is 1. The van der Waals surface area contributed by atoms with E-state index >= 15 is 0 Å². The zero-order chi connectivity index (χ0) is 6.57. The van der Waals surface area contributed by atoms with Crippen LogP contribution in [0.5, 0.6) is 0 Å². The maximum absolute atomic E-state index is 10.4. The molecule has 8 heavy (non-hydrogen) atoms. The van der Waals surface area contributed by atoms with Crippen LogP contribution in [-0.2, 0) is 9.63 Å². The molecule has 48 valence electrons. The molecule has 0 aliphatic carbocycles. The van der Waals surface area contributed by atoms with E-state index in [4.69, 9.17) is 5.73 Å². The Morgan fingerprint density at radius 1 is 1.88 bits per heavy atom. The first-order valence-electron chi connectivity index (χ1n) is 2.27. The van der Waals surface area contributed by atoms with Gasteiger partial charge in [0.15, 0.2) is 0 Å². The van der Waals surface area contributed by atoms with Crippen LogP contribution in [0.15, 0.2) is 0 Å². The minimum atomic E-state index is -0.505. The monoisotopic (exact) mass is 118 g/mol. The number of nitrogens with one attached hydrogen (secondary N) is 1. The summed E-state index contributed by atoms with van der Waals surface area (Å²) in [6.45, 7) is 1.58. The third-order valence-corrected chi connectivity index (χ3v) is 0.616. The van der Waals surface area contributed by atoms with Crippen molar-refractivity contribution in [3.8, 4) is 0 Å². The standard InChI is InChI=1S/C4H10N2O2/c1-3(5)4(7)6-8-2/h3H,5H2,1-2H3,(H,6,7). The van der Waals surface area contributed by atoms with Crippen LogP contribution in [0.2, 0.25) is 0 Å². The smallest absolute Gasteiger partial charge is 0.260 e. The maximum Gasteiger partial charge on any atom is 0.260 e. The molecule has 0 spiro atoms. The second kappa shape index (κ2) is 3.40. The normalized spacial score (nSPS) is 12.9. The molecule has 0 fully saturated rings. The van der Waals surface area contributed by atoms with Crippen molar-refractivity contribution in [1.29, 1.82) is 0 Å². The summed E-state index contributed by atoms with van der Waals surface area (Å²) in [5, 5.41) is 0. The Labute approximate surface area is 48.0 Å². The number of carbonyl (C=O) groups is 1. The van der Waals surface area contributed by atoms with Crippen LogP contribution in [0.1, 0.15) is 6.92 Å². The van der Waals surface area contributed by atoms with Gasteiger partial charge in [-0.25, -0.2) is 5.48 Å². The third kappa shape index (κ3) is 2.54. The Kier molecular flexibility index (Phi) is 3.14. The van der Waals surface area contributed by atoms with Crippen LogP contribution in [0.3, 0.4) is 0 Å². The highest BCUT2D eigenvalue weighted by atomic mass is 16.6. The molecule has 0 rings (SSSR count). The lowest BCUT2D eigenvalue weighted by Crippen LogP contribution is -2.37. The molecule has 4 nitrogen and oxygen atoms in total. The highest BCUT2D eigenvalue weighted by Gasteiger charge is 2.03. The van der Waals surface area contributed by atoms with Crippen LogP contribution in [-0.4, -0.2) is 19.1 Å². The highest BCUT2D eigenvalue weighted by Crippen LogP contribution is 1.71. The number of amides is 1. The lowest BCUT2D eigenvalue weighted by atomic mass is 10.4. The van der Waals surface area contributed by atoms with Gasteiger partial charge in [-0.2, -0.15) is 0 Å². The van der Waals surface area contributed by atoms with Gasteiger partial charge in [0.25, 0.3) is 5.91 Å². The van der Waals surface area contributed by atoms with E-state index in [9.17, 15) is 4.79 Å². The summed E-state index contributed by atoms with van der Waals surface area (Å²) < 4.78 is 0. The Morgan fingerprint density at radius 3 is 2.50 bits per heavy atom. The van der Waals surface area contributed by atoms with Gasteiger partial charge in [0.05, 0.1) is 13.2 Å². The van der Waals surface area contributed by atoms with Gasteiger partial charge in [-0.3, -0.25) is 9.63 Å². The Balaban J connectivity index is 3.33. The number of nitrogens with two attached hydrogens (primary N) is 1. The zero-order valence-corrected chi connectivity index (χ0v) is 4.97. The minimum absolute atomic E-state index is 0.312. The van der Waals surface area contributed by atoms with Gasteiger partial charge in [-0.15, -0.1) is 0 Å². The molecule has 3 N–H and O–H groups in total. The van der Waals surface area contributed by atoms with Crippen molar-refractivity contribution in [1.82, 2.24) is 5.48 Å². The van der Waals surface area contributed by atoms with E-state index in [0.29, 0.717) is 0 Å². The van der Waals surface area contributed by atoms with Crippen molar-refractivity contribution >= 4 is 5.91 Å². The summed E-state index contributed by atoms with van der Waals surface area (Å²) in [7, 11) is 1.36. The summed E-state index contributed by atoms with van der Waals surface area (Å²) >= 11 is 0. The molecule has 0 aromatic carbocycles. The predicted molar refractivity (Wildman–Crippen MR) is 28.8 cm³/mol. The fraction of sp³-hybridized carbons (Fsp3) is 0.750. The lowest BCUT2D eigenvalue weighted by molar-refractivity contribution is -0.132. The molecule has 0 heterocycles. The molecule has 1 amide bonds. The van der Waals surface area contributed by atoms with Crippen LogP contribution in [0, 0.1) is 0 Å². The third-order valence-electron chi connectivity index (χ3n) is 0.616. The second-order valence-electron chi connectivity index (χ2n) is 1.46. The lowest BCUT2D eigenvalue weighted by Gasteiger charge is -2.02. The Hall–Kier alpha value is -0.610. The molecule has 1 atom stereocenters. The van der Waals surface area contributed by atoms with Gasteiger partial charge in [0.1, 0.15) is 0 Å². The highest BCUT2D eigenvalue weighted by molar-refractivity contribution is 5.79. The molecule has 1 unspecified atom stereocenters. The summed E-state index contributed by atoms with van der Waals surface area (Å²) in [6.07, 6.45) is 0. The fourth-order valence-corrected chi connectivity index (χ4v) is 0.194. The van der Waals surface area contributed by atoms with Crippen molar-refractivity contribution in [3.63, 3.8) is 0 Å². The van der Waals surface area contributed by atoms with Crippen LogP contribution in [0.25, 0.3) is 0 Å². The van der Waals surface area contributed by atoms with Gasteiger partial charge >= 0.3 is 0 Å². The van der Waals surface area contributed by atoms with Gasteiger partial charge in [-0.05, 0) is 6.92 Å². The fourth-order valence-electron chi connectivity index (χ4n) is 0.194. The topological polar surface area (TPSA) is 64.3 Å². The zero-order valence-electron chi connectivity index (χ0n) is 4.97. The van der Waals surface area contributed by atoms with Crippen LogP contribution in [0.4, 0.5) is 0 Å². The van der Waals surface area contributed by atoms with Gasteiger partial charge in [-0.1, -0.05) is 0 Å². The Morgan fingerprint density at radius 2 is 2.38 bits per heavy atom. The average Bonchev–Trinajstić information content (AvgIpc) is 1.67. The van der Waals surface area contributed by atoms with Crippen molar-refractivity contribution in [3.05, 3.63) is 0 Å². The van der Waals surface area contributed by atoms with E-state index in [-0.39, 0.29) is 5.91 Å². The van der Waals surface area contributed by atoms with Crippen molar-refractivity contribution in [2.24, 2.45) is 5.73 Å². The molecule has 0 aliphatic rings. The molecular formula is C4H10N2O2. The molecule has 0 saturated heterocycles. The van der Waals surface area contributed by atoms with Gasteiger partial charge < -0.3 is 5.73 Å². The first-order valence-corrected chi connectivity index (χ1v) is 2.27. The van der Waals surface area contributed by atoms with E-state index in [1.807, 2.05) is 0 Å². The van der Waals surface area contributed by atoms with E-state index in [2.05, 4.69) is 10.3 Å². The summed E-state index contributed by atoms with van der Waals surface area (Å²) in [5.41, 5.74) is 7.21. The molecule has 0 saturated carbocycles. The molecule has 0 aliphatic heterocycles. The number of hydrogen-bond acceptors (Lipinski definition) is 3. The first-order chi connectivity index (χ1) is 3.68. The second-order valence-corrected chi connectivity index (χ2v) is 1.46. The Bertz CT molecular complexity index is 82.1. The quantitative estimate of drug-likeness (QED) is 0.458. The molecule has 0 aromatic heterocycles. The minimum Gasteiger partial charge on any atom is -0.320 e. The SMILES string of the molecule is CONC(=O)C(C)N. The molecule has 0 radical (unpaired) electrons. The van der Waals surface area contributed by atoms with Gasteiger partial charge in [0.2, 0.25) is 0 Å². The number of hydrogen-bond donors (Lipinski definition) is 2. The van der Waals surface area contributed by atoms with Crippen molar-refractivity contribution in [2.45, 2.75) is 13.0 Å². The van der Waals surface area contributed by atoms with E-state index in [1.54, 1.807) is 6.92 Å². The van der Waals surface area contributed by atoms with E-state index < -0.39 is 6.04 Å². The summed E-state index contributed by atoms with van der Waals surface area (Å²) in [4.78, 5) is 14.7. The first kappa shape index (κ1) is 7.39. The van der Waals surface area contributed by atoms with Crippen molar-refractivity contribution < 1.29 is 9.63 Å². The molecular weight excluding hydrogens is 108 g/mol.